The first-order valence-electron chi connectivity index (χ1n) is 8.82. The lowest BCUT2D eigenvalue weighted by Gasteiger charge is -2.37. The minimum Gasteiger partial charge on any atom is -0.491 e. The molecule has 2 rings (SSSR count). The highest BCUT2D eigenvalue weighted by molar-refractivity contribution is 9.10. The van der Waals surface area contributed by atoms with E-state index in [1.807, 2.05) is 18.7 Å². The van der Waals surface area contributed by atoms with Crippen molar-refractivity contribution in [3.05, 3.63) is 28.2 Å². The fraction of sp³-hybridized carbons (Fsp3) is 0.556. The van der Waals surface area contributed by atoms with Gasteiger partial charge >= 0.3 is 6.09 Å². The second kappa shape index (κ2) is 9.78. The van der Waals surface area contributed by atoms with E-state index in [9.17, 15) is 9.59 Å². The molecule has 3 N–H and O–H groups in total. The lowest BCUT2D eigenvalue weighted by Crippen LogP contribution is -2.51. The molecule has 1 saturated heterocycles. The van der Waals surface area contributed by atoms with E-state index < -0.39 is 6.09 Å². The van der Waals surface area contributed by atoms with Gasteiger partial charge in [0, 0.05) is 24.2 Å². The van der Waals surface area contributed by atoms with Crippen LogP contribution in [-0.4, -0.2) is 60.3 Å². The molecule has 1 aromatic carbocycles. The van der Waals surface area contributed by atoms with Crippen molar-refractivity contribution >= 4 is 27.9 Å². The molecule has 0 aliphatic carbocycles. The number of nitrogens with zero attached hydrogens (tertiary/aromatic N) is 1. The Morgan fingerprint density at radius 1 is 1.46 bits per heavy atom. The number of piperidine rings is 1. The number of hydrogen-bond donors (Lipinski definition) is 3. The maximum atomic E-state index is 13.1. The monoisotopic (exact) mass is 427 g/mol. The van der Waals surface area contributed by atoms with Gasteiger partial charge in [0.15, 0.2) is 0 Å². The lowest BCUT2D eigenvalue weighted by atomic mass is 10.0. The molecule has 144 valence electrons. The Bertz CT molecular complexity index is 633. The van der Waals surface area contributed by atoms with E-state index in [1.54, 1.807) is 18.2 Å². The third-order valence-corrected chi connectivity index (χ3v) is 4.92. The number of halogens is 1. The van der Waals surface area contributed by atoms with Crippen LogP contribution in [-0.2, 0) is 0 Å². The second-order valence-electron chi connectivity index (χ2n) is 6.53. The van der Waals surface area contributed by atoms with Crippen LogP contribution in [0, 0.1) is 0 Å². The topological polar surface area (TPSA) is 90.9 Å². The fourth-order valence-electron chi connectivity index (χ4n) is 3.11. The number of ether oxygens (including phenoxy) is 1. The van der Waals surface area contributed by atoms with Crippen molar-refractivity contribution in [3.63, 3.8) is 0 Å². The van der Waals surface area contributed by atoms with Crippen molar-refractivity contribution in [2.45, 2.75) is 38.8 Å². The molecule has 0 aromatic heterocycles. The molecule has 26 heavy (non-hydrogen) atoms. The zero-order chi connectivity index (χ0) is 19.1. The third-order valence-electron chi connectivity index (χ3n) is 4.27. The van der Waals surface area contributed by atoms with Crippen LogP contribution in [0.1, 0.15) is 37.0 Å². The number of carbonyl (C=O) groups is 2. The van der Waals surface area contributed by atoms with Gasteiger partial charge in [0.25, 0.3) is 5.91 Å². The van der Waals surface area contributed by atoms with Crippen LogP contribution in [0.5, 0.6) is 5.75 Å². The van der Waals surface area contributed by atoms with Gasteiger partial charge in [0.05, 0.1) is 11.0 Å². The minimum absolute atomic E-state index is 0.0188. The Morgan fingerprint density at radius 3 is 2.85 bits per heavy atom. The molecule has 0 radical (unpaired) electrons. The van der Waals surface area contributed by atoms with Gasteiger partial charge in [-0.05, 0) is 67.4 Å². The third kappa shape index (κ3) is 5.60. The molecule has 1 aromatic rings. The van der Waals surface area contributed by atoms with Crippen molar-refractivity contribution in [1.82, 2.24) is 15.5 Å². The van der Waals surface area contributed by atoms with Crippen molar-refractivity contribution in [2.24, 2.45) is 0 Å². The molecular formula is C18H26BrN3O4. The number of nitrogens with one attached hydrogen (secondary N) is 2. The smallest absolute Gasteiger partial charge is 0.404 e. The summed E-state index contributed by atoms with van der Waals surface area (Å²) in [5, 5.41) is 14.2. The van der Waals surface area contributed by atoms with E-state index >= 15 is 0 Å². The molecule has 0 spiro atoms. The average molecular weight is 428 g/mol. The normalized spacial score (nSPS) is 17.0. The van der Waals surface area contributed by atoms with Gasteiger partial charge in [-0.2, -0.15) is 0 Å². The molecule has 1 atom stereocenters. The maximum absolute atomic E-state index is 13.1. The number of carboxylic acid groups (broad SMARTS) is 1. The SMILES string of the molecule is CC(C)N(C(=O)c1ccc(Br)c(OCCNC(=O)O)c1)[C@@H]1CCCNC1. The summed E-state index contributed by atoms with van der Waals surface area (Å²) in [4.78, 5) is 25.5. The van der Waals surface area contributed by atoms with Crippen LogP contribution in [0.4, 0.5) is 4.79 Å². The van der Waals surface area contributed by atoms with E-state index in [2.05, 4.69) is 26.6 Å². The summed E-state index contributed by atoms with van der Waals surface area (Å²) in [6, 6.07) is 5.55. The highest BCUT2D eigenvalue weighted by Gasteiger charge is 2.28. The maximum Gasteiger partial charge on any atom is 0.404 e. The van der Waals surface area contributed by atoms with Crippen LogP contribution in [0.2, 0.25) is 0 Å². The summed E-state index contributed by atoms with van der Waals surface area (Å²) >= 11 is 3.41. The van der Waals surface area contributed by atoms with E-state index in [0.717, 1.165) is 30.4 Å². The number of benzene rings is 1. The first-order valence-corrected chi connectivity index (χ1v) is 9.62. The van der Waals surface area contributed by atoms with Gasteiger partial charge in [-0.1, -0.05) is 0 Å². The molecule has 0 bridgehead atoms. The summed E-state index contributed by atoms with van der Waals surface area (Å²) in [7, 11) is 0. The summed E-state index contributed by atoms with van der Waals surface area (Å²) in [6.07, 6.45) is 0.967. The zero-order valence-electron chi connectivity index (χ0n) is 15.1. The largest absolute Gasteiger partial charge is 0.491 e. The highest BCUT2D eigenvalue weighted by Crippen LogP contribution is 2.27. The van der Waals surface area contributed by atoms with Gasteiger partial charge in [0.1, 0.15) is 12.4 Å². The van der Waals surface area contributed by atoms with Crippen molar-refractivity contribution in [2.75, 3.05) is 26.2 Å². The van der Waals surface area contributed by atoms with E-state index in [1.165, 1.54) is 0 Å². The Labute approximate surface area is 162 Å². The van der Waals surface area contributed by atoms with E-state index in [4.69, 9.17) is 9.84 Å². The summed E-state index contributed by atoms with van der Waals surface area (Å²) in [5.41, 5.74) is 0.564. The molecule has 2 amide bonds. The predicted molar refractivity (Wildman–Crippen MR) is 103 cm³/mol. The molecule has 1 fully saturated rings. The van der Waals surface area contributed by atoms with E-state index in [0.29, 0.717) is 11.3 Å². The first kappa shape index (κ1) is 20.5. The van der Waals surface area contributed by atoms with Crippen LogP contribution in [0.3, 0.4) is 0 Å². The lowest BCUT2D eigenvalue weighted by molar-refractivity contribution is 0.0573. The van der Waals surface area contributed by atoms with Crippen molar-refractivity contribution in [1.29, 1.82) is 0 Å². The van der Waals surface area contributed by atoms with Gasteiger partial charge in [-0.3, -0.25) is 4.79 Å². The van der Waals surface area contributed by atoms with Gasteiger partial charge < -0.3 is 25.4 Å². The summed E-state index contributed by atoms with van der Waals surface area (Å²) < 4.78 is 6.33. The minimum atomic E-state index is -1.09. The number of carbonyl (C=O) groups excluding carboxylic acids is 1. The zero-order valence-corrected chi connectivity index (χ0v) is 16.7. The molecule has 1 heterocycles. The van der Waals surface area contributed by atoms with Gasteiger partial charge in [0.2, 0.25) is 0 Å². The quantitative estimate of drug-likeness (QED) is 0.581. The second-order valence-corrected chi connectivity index (χ2v) is 7.39. The van der Waals surface area contributed by atoms with Crippen LogP contribution < -0.4 is 15.4 Å². The Morgan fingerprint density at radius 2 is 2.23 bits per heavy atom. The first-order chi connectivity index (χ1) is 12.4. The highest BCUT2D eigenvalue weighted by atomic mass is 79.9. The predicted octanol–water partition coefficient (Wildman–Crippen LogP) is 2.70. The molecule has 0 unspecified atom stereocenters. The summed E-state index contributed by atoms with van der Waals surface area (Å²) in [5.74, 6) is 0.503. The molecule has 0 saturated carbocycles. The molecule has 8 heteroatoms. The Balaban J connectivity index is 2.11. The number of amides is 2. The molecule has 1 aliphatic heterocycles. The molecule has 7 nitrogen and oxygen atoms in total. The Hall–Kier alpha value is -1.80. The summed E-state index contributed by atoms with van der Waals surface area (Å²) in [6.45, 7) is 6.22. The standard InChI is InChI=1S/C18H26BrN3O4/c1-12(2)22(14-4-3-7-20-11-14)17(23)13-5-6-15(19)16(10-13)26-9-8-21-18(24)25/h5-6,10,12,14,20-21H,3-4,7-9,11H2,1-2H3,(H,24,25)/t14-/m1/s1. The van der Waals surface area contributed by atoms with E-state index in [-0.39, 0.29) is 31.1 Å². The van der Waals surface area contributed by atoms with Crippen LogP contribution in [0.15, 0.2) is 22.7 Å². The van der Waals surface area contributed by atoms with Gasteiger partial charge in [-0.25, -0.2) is 4.79 Å². The number of hydrogen-bond acceptors (Lipinski definition) is 4. The van der Waals surface area contributed by atoms with Gasteiger partial charge in [-0.15, -0.1) is 0 Å². The fourth-order valence-corrected chi connectivity index (χ4v) is 3.47. The van der Waals surface area contributed by atoms with Crippen LogP contribution >= 0.6 is 15.9 Å². The van der Waals surface area contributed by atoms with Crippen molar-refractivity contribution < 1.29 is 19.4 Å². The van der Waals surface area contributed by atoms with Crippen molar-refractivity contribution in [3.8, 4) is 5.75 Å². The average Bonchev–Trinajstić information content (AvgIpc) is 2.60. The van der Waals surface area contributed by atoms with Crippen LogP contribution in [0.25, 0.3) is 0 Å². The molecule has 1 aliphatic rings. The number of rotatable bonds is 7. The Kier molecular flexibility index (Phi) is 7.71. The molecular weight excluding hydrogens is 402 g/mol.